The first kappa shape index (κ1) is 10.9. The van der Waals surface area contributed by atoms with Crippen LogP contribution in [0.4, 0.5) is 10.3 Å². The Bertz CT molecular complexity index is 554. The van der Waals surface area contributed by atoms with Gasteiger partial charge in [-0.3, -0.25) is 0 Å². The predicted octanol–water partition coefficient (Wildman–Crippen LogP) is 2.84. The summed E-state index contributed by atoms with van der Waals surface area (Å²) in [7, 11) is 0. The number of benzene rings is 1. The molecule has 6 heteroatoms. The second kappa shape index (κ2) is 3.79. The first-order valence-electron chi connectivity index (χ1n) is 4.40. The number of aromatic hydroxyl groups is 1. The molecule has 1 aromatic carbocycles. The van der Waals surface area contributed by atoms with E-state index in [-0.39, 0.29) is 11.4 Å². The van der Waals surface area contributed by atoms with E-state index in [1.54, 1.807) is 13.0 Å². The molecule has 4 nitrogen and oxygen atoms in total. The third kappa shape index (κ3) is 1.55. The molecule has 0 aliphatic carbocycles. The summed E-state index contributed by atoms with van der Waals surface area (Å²) in [6.07, 6.45) is 1.31. The third-order valence-corrected chi connectivity index (χ3v) is 3.25. The van der Waals surface area contributed by atoms with Gasteiger partial charge >= 0.3 is 0 Å². The van der Waals surface area contributed by atoms with E-state index < -0.39 is 11.6 Å². The van der Waals surface area contributed by atoms with Gasteiger partial charge in [0.25, 0.3) is 0 Å². The molecular formula is C10H8BrFN2O2. The highest BCUT2D eigenvalue weighted by atomic mass is 79.9. The Balaban J connectivity index is 2.72. The number of rotatable bonds is 1. The van der Waals surface area contributed by atoms with Crippen molar-refractivity contribution in [2.45, 2.75) is 6.92 Å². The number of aryl methyl sites for hydroxylation is 1. The van der Waals surface area contributed by atoms with Gasteiger partial charge in [-0.2, -0.15) is 0 Å². The summed E-state index contributed by atoms with van der Waals surface area (Å²) >= 11 is 3.09. The van der Waals surface area contributed by atoms with E-state index in [0.717, 1.165) is 0 Å². The first-order valence-corrected chi connectivity index (χ1v) is 5.19. The maximum atomic E-state index is 13.8. The van der Waals surface area contributed by atoms with Gasteiger partial charge in [0.05, 0.1) is 16.2 Å². The quantitative estimate of drug-likeness (QED) is 0.846. The molecule has 16 heavy (non-hydrogen) atoms. The van der Waals surface area contributed by atoms with Crippen LogP contribution in [-0.4, -0.2) is 10.3 Å². The van der Waals surface area contributed by atoms with E-state index in [9.17, 15) is 9.50 Å². The Labute approximate surface area is 99.0 Å². The largest absolute Gasteiger partial charge is 0.504 e. The number of halogens is 2. The van der Waals surface area contributed by atoms with Crippen LogP contribution in [0.15, 0.2) is 21.3 Å². The second-order valence-corrected chi connectivity index (χ2v) is 4.11. The Morgan fingerprint density at radius 1 is 1.50 bits per heavy atom. The van der Waals surface area contributed by atoms with Crippen molar-refractivity contribution in [2.24, 2.45) is 0 Å². The Morgan fingerprint density at radius 2 is 2.19 bits per heavy atom. The fraction of sp³-hybridized carbons (Fsp3) is 0.100. The summed E-state index contributed by atoms with van der Waals surface area (Å²) in [5, 5.41) is 13.0. The molecule has 0 fully saturated rings. The minimum atomic E-state index is -0.757. The van der Waals surface area contributed by atoms with E-state index in [0.29, 0.717) is 15.6 Å². The molecule has 0 aliphatic rings. The molecule has 0 spiro atoms. The van der Waals surface area contributed by atoms with Gasteiger partial charge in [0, 0.05) is 5.56 Å². The highest BCUT2D eigenvalue weighted by molar-refractivity contribution is 9.10. The van der Waals surface area contributed by atoms with Crippen molar-refractivity contribution < 1.29 is 14.0 Å². The molecule has 0 bridgehead atoms. The lowest BCUT2D eigenvalue weighted by atomic mass is 10.0. The normalized spacial score (nSPS) is 10.7. The first-order chi connectivity index (χ1) is 7.52. The van der Waals surface area contributed by atoms with E-state index in [4.69, 9.17) is 5.73 Å². The molecule has 2 rings (SSSR count). The van der Waals surface area contributed by atoms with E-state index >= 15 is 0 Å². The zero-order chi connectivity index (χ0) is 11.9. The Hall–Kier alpha value is -1.56. The number of nitrogens with two attached hydrogens (primary N) is 1. The molecule has 0 radical (unpaired) electrons. The SMILES string of the molecule is Cc1cc(-c2cnoc2N)c(F)c(O)c1Br. The number of nitrogen functional groups attached to an aromatic ring is 1. The van der Waals surface area contributed by atoms with Crippen LogP contribution in [0.5, 0.6) is 5.75 Å². The second-order valence-electron chi connectivity index (χ2n) is 3.32. The number of phenols is 1. The Kier molecular flexibility index (Phi) is 2.59. The van der Waals surface area contributed by atoms with Crippen LogP contribution in [-0.2, 0) is 0 Å². The van der Waals surface area contributed by atoms with Crippen molar-refractivity contribution >= 4 is 21.8 Å². The molecule has 84 valence electrons. The van der Waals surface area contributed by atoms with Crippen molar-refractivity contribution in [1.29, 1.82) is 0 Å². The number of aromatic nitrogens is 1. The lowest BCUT2D eigenvalue weighted by molar-refractivity contribution is 0.429. The lowest BCUT2D eigenvalue weighted by Crippen LogP contribution is -1.91. The van der Waals surface area contributed by atoms with Gasteiger partial charge < -0.3 is 15.4 Å². The third-order valence-electron chi connectivity index (χ3n) is 2.25. The summed E-state index contributed by atoms with van der Waals surface area (Å²) in [5.74, 6) is -1.19. The van der Waals surface area contributed by atoms with Crippen molar-refractivity contribution in [1.82, 2.24) is 5.16 Å². The number of anilines is 1. The number of phenolic OH excluding ortho intramolecular Hbond substituents is 1. The maximum Gasteiger partial charge on any atom is 0.230 e. The minimum Gasteiger partial charge on any atom is -0.504 e. The van der Waals surface area contributed by atoms with Crippen LogP contribution >= 0.6 is 15.9 Å². The van der Waals surface area contributed by atoms with Crippen LogP contribution in [0.1, 0.15) is 5.56 Å². The van der Waals surface area contributed by atoms with Crippen LogP contribution in [0.2, 0.25) is 0 Å². The summed E-state index contributed by atoms with van der Waals surface area (Å²) in [5.41, 5.74) is 6.67. The molecule has 1 heterocycles. The highest BCUT2D eigenvalue weighted by Crippen LogP contribution is 2.38. The molecule has 0 amide bonds. The van der Waals surface area contributed by atoms with Crippen LogP contribution in [0.3, 0.4) is 0 Å². The molecule has 1 aromatic heterocycles. The molecular weight excluding hydrogens is 279 g/mol. The fourth-order valence-electron chi connectivity index (χ4n) is 1.40. The number of hydrogen-bond acceptors (Lipinski definition) is 4. The van der Waals surface area contributed by atoms with Gasteiger partial charge in [0.15, 0.2) is 11.6 Å². The predicted molar refractivity (Wildman–Crippen MR) is 60.4 cm³/mol. The van der Waals surface area contributed by atoms with E-state index in [1.807, 2.05) is 0 Å². The van der Waals surface area contributed by atoms with Gasteiger partial charge in [-0.25, -0.2) is 4.39 Å². The van der Waals surface area contributed by atoms with Crippen molar-refractivity contribution in [3.8, 4) is 16.9 Å². The topological polar surface area (TPSA) is 72.3 Å². The standard InChI is InChI=1S/C10H8BrFN2O2/c1-4-2-5(6-3-14-16-10(6)13)8(12)9(15)7(4)11/h2-3,15H,13H2,1H3. The zero-order valence-corrected chi connectivity index (χ0v) is 9.88. The average Bonchev–Trinajstić information content (AvgIpc) is 2.67. The van der Waals surface area contributed by atoms with Gasteiger partial charge in [-0.1, -0.05) is 5.16 Å². The number of hydrogen-bond donors (Lipinski definition) is 2. The molecule has 2 aromatic rings. The Morgan fingerprint density at radius 3 is 2.75 bits per heavy atom. The summed E-state index contributed by atoms with van der Waals surface area (Å²) in [6.45, 7) is 1.73. The van der Waals surface area contributed by atoms with Gasteiger partial charge in [-0.15, -0.1) is 0 Å². The van der Waals surface area contributed by atoms with Crippen molar-refractivity contribution in [2.75, 3.05) is 5.73 Å². The molecule has 0 aliphatic heterocycles. The molecule has 0 saturated heterocycles. The number of nitrogens with zero attached hydrogens (tertiary/aromatic N) is 1. The van der Waals surface area contributed by atoms with E-state index in [2.05, 4.69) is 25.6 Å². The lowest BCUT2D eigenvalue weighted by Gasteiger charge is -2.07. The monoisotopic (exact) mass is 286 g/mol. The molecule has 3 N–H and O–H groups in total. The average molecular weight is 287 g/mol. The minimum absolute atomic E-state index is 0.0139. The van der Waals surface area contributed by atoms with Gasteiger partial charge in [0.1, 0.15) is 0 Å². The zero-order valence-electron chi connectivity index (χ0n) is 8.29. The summed E-state index contributed by atoms with van der Waals surface area (Å²) in [6, 6.07) is 1.56. The summed E-state index contributed by atoms with van der Waals surface area (Å²) in [4.78, 5) is 0. The fourth-order valence-corrected chi connectivity index (χ4v) is 1.69. The van der Waals surface area contributed by atoms with E-state index in [1.165, 1.54) is 6.20 Å². The van der Waals surface area contributed by atoms with Crippen LogP contribution < -0.4 is 5.73 Å². The van der Waals surface area contributed by atoms with Crippen LogP contribution in [0, 0.1) is 12.7 Å². The van der Waals surface area contributed by atoms with Crippen molar-refractivity contribution in [3.63, 3.8) is 0 Å². The maximum absolute atomic E-state index is 13.8. The van der Waals surface area contributed by atoms with Crippen LogP contribution in [0.25, 0.3) is 11.1 Å². The molecule has 0 atom stereocenters. The van der Waals surface area contributed by atoms with Gasteiger partial charge in [-0.05, 0) is 34.5 Å². The molecule has 0 saturated carbocycles. The smallest absolute Gasteiger partial charge is 0.230 e. The molecule has 0 unspecified atom stereocenters. The van der Waals surface area contributed by atoms with Crippen molar-refractivity contribution in [3.05, 3.63) is 28.1 Å². The summed E-state index contributed by atoms with van der Waals surface area (Å²) < 4.78 is 18.8. The van der Waals surface area contributed by atoms with Gasteiger partial charge in [0.2, 0.25) is 5.88 Å². The highest BCUT2D eigenvalue weighted by Gasteiger charge is 2.18.